The van der Waals surface area contributed by atoms with Crippen molar-refractivity contribution in [2.45, 2.75) is 39.2 Å². The number of hydrogen-bond acceptors (Lipinski definition) is 3. The number of halogens is 1. The van der Waals surface area contributed by atoms with E-state index >= 15 is 0 Å². The van der Waals surface area contributed by atoms with Crippen molar-refractivity contribution in [1.29, 1.82) is 0 Å². The highest BCUT2D eigenvalue weighted by molar-refractivity contribution is 14.0. The second kappa shape index (κ2) is 8.92. The molecule has 3 rings (SSSR count). The molecule has 1 aliphatic carbocycles. The highest BCUT2D eigenvalue weighted by atomic mass is 127. The third kappa shape index (κ3) is 4.61. The van der Waals surface area contributed by atoms with E-state index in [1.165, 1.54) is 32.6 Å². The van der Waals surface area contributed by atoms with Crippen molar-refractivity contribution in [3.05, 3.63) is 23.8 Å². The van der Waals surface area contributed by atoms with E-state index in [0.29, 0.717) is 23.4 Å². The zero-order chi connectivity index (χ0) is 17.9. The molecular weight excluding hydrogens is 443 g/mol. The first kappa shape index (κ1) is 20.8. The first-order valence-corrected chi connectivity index (χ1v) is 8.95. The fraction of sp³-hybridized carbons (Fsp3) is 0.579. The fourth-order valence-electron chi connectivity index (χ4n) is 3.87. The number of carbonyl (C=O) groups is 1. The number of rotatable bonds is 4. The molecule has 2 N–H and O–H groups in total. The first-order chi connectivity index (χ1) is 12.0. The lowest BCUT2D eigenvalue weighted by molar-refractivity contribution is -0.114. The SMILES string of the molecule is CN=C(NCc1ccc(OC)c(NC(C)=O)c1)N1CCC2(CCC2)C1.I. The molecule has 2 aliphatic rings. The van der Waals surface area contributed by atoms with E-state index in [1.54, 1.807) is 7.11 Å². The molecule has 144 valence electrons. The van der Waals surface area contributed by atoms with Gasteiger partial charge >= 0.3 is 0 Å². The molecule has 1 saturated heterocycles. The smallest absolute Gasteiger partial charge is 0.221 e. The maximum atomic E-state index is 11.4. The molecule has 0 aromatic heterocycles. The molecule has 0 bridgehead atoms. The van der Waals surface area contributed by atoms with Gasteiger partial charge < -0.3 is 20.3 Å². The minimum atomic E-state index is -0.109. The Morgan fingerprint density at radius 1 is 1.35 bits per heavy atom. The van der Waals surface area contributed by atoms with Crippen molar-refractivity contribution in [1.82, 2.24) is 10.2 Å². The molecule has 1 heterocycles. The van der Waals surface area contributed by atoms with Crippen molar-refractivity contribution < 1.29 is 9.53 Å². The fourth-order valence-corrected chi connectivity index (χ4v) is 3.87. The second-order valence-electron chi connectivity index (χ2n) is 7.14. The minimum absolute atomic E-state index is 0. The number of benzene rings is 1. The van der Waals surface area contributed by atoms with Gasteiger partial charge in [0.15, 0.2) is 5.96 Å². The molecule has 1 aromatic rings. The Morgan fingerprint density at radius 3 is 2.65 bits per heavy atom. The summed E-state index contributed by atoms with van der Waals surface area (Å²) in [5, 5.41) is 6.27. The lowest BCUT2D eigenvalue weighted by Gasteiger charge is -2.38. The lowest BCUT2D eigenvalue weighted by Crippen LogP contribution is -2.42. The van der Waals surface area contributed by atoms with Crippen LogP contribution in [0.5, 0.6) is 5.75 Å². The van der Waals surface area contributed by atoms with Gasteiger partial charge in [-0.2, -0.15) is 0 Å². The van der Waals surface area contributed by atoms with Crippen LogP contribution in [-0.4, -0.2) is 44.0 Å². The molecule has 7 heteroatoms. The van der Waals surface area contributed by atoms with Crippen LogP contribution in [0.25, 0.3) is 0 Å². The molecule has 1 aromatic carbocycles. The first-order valence-electron chi connectivity index (χ1n) is 8.95. The Kier molecular flexibility index (Phi) is 7.14. The Labute approximate surface area is 172 Å². The highest BCUT2D eigenvalue weighted by Crippen LogP contribution is 2.47. The number of likely N-dealkylation sites (tertiary alicyclic amines) is 1. The van der Waals surface area contributed by atoms with Crippen LogP contribution >= 0.6 is 24.0 Å². The number of nitrogens with one attached hydrogen (secondary N) is 2. The minimum Gasteiger partial charge on any atom is -0.495 e. The number of amides is 1. The van der Waals surface area contributed by atoms with E-state index in [1.807, 2.05) is 25.2 Å². The Morgan fingerprint density at radius 2 is 2.12 bits per heavy atom. The van der Waals surface area contributed by atoms with Crippen LogP contribution in [0, 0.1) is 5.41 Å². The summed E-state index contributed by atoms with van der Waals surface area (Å²) in [7, 11) is 3.44. The van der Waals surface area contributed by atoms with Gasteiger partial charge in [0.2, 0.25) is 5.91 Å². The molecule has 0 unspecified atom stereocenters. The number of carbonyl (C=O) groups excluding carboxylic acids is 1. The summed E-state index contributed by atoms with van der Waals surface area (Å²) in [6.07, 6.45) is 5.37. The standard InChI is InChI=1S/C19H28N4O2.HI/c1-14(24)22-16-11-15(5-6-17(16)25-3)12-21-18(20-2)23-10-9-19(13-23)7-4-8-19;/h5-6,11H,4,7-10,12-13H2,1-3H3,(H,20,21)(H,22,24);1H. The van der Waals surface area contributed by atoms with Crippen LogP contribution in [0.1, 0.15) is 38.2 Å². The Bertz CT molecular complexity index is 674. The Hall–Kier alpha value is -1.51. The number of methoxy groups -OCH3 is 1. The normalized spacial score (nSPS) is 18.1. The van der Waals surface area contributed by atoms with Crippen molar-refractivity contribution >= 4 is 41.5 Å². The van der Waals surface area contributed by atoms with E-state index in [-0.39, 0.29) is 29.9 Å². The highest BCUT2D eigenvalue weighted by Gasteiger charge is 2.43. The van der Waals surface area contributed by atoms with E-state index in [4.69, 9.17) is 4.74 Å². The summed E-state index contributed by atoms with van der Waals surface area (Å²) in [5.74, 6) is 1.51. The predicted molar refractivity (Wildman–Crippen MR) is 115 cm³/mol. The quantitative estimate of drug-likeness (QED) is 0.401. The van der Waals surface area contributed by atoms with Gasteiger partial charge in [-0.3, -0.25) is 9.79 Å². The summed E-state index contributed by atoms with van der Waals surface area (Å²) < 4.78 is 5.30. The van der Waals surface area contributed by atoms with Crippen molar-refractivity contribution in [2.75, 3.05) is 32.6 Å². The van der Waals surface area contributed by atoms with Gasteiger partial charge in [0.1, 0.15) is 5.75 Å². The summed E-state index contributed by atoms with van der Waals surface area (Å²) in [4.78, 5) is 18.2. The lowest BCUT2D eigenvalue weighted by atomic mass is 9.68. The van der Waals surface area contributed by atoms with Gasteiger partial charge in [0.25, 0.3) is 0 Å². The molecule has 26 heavy (non-hydrogen) atoms. The predicted octanol–water partition coefficient (Wildman–Crippen LogP) is 3.22. The summed E-state index contributed by atoms with van der Waals surface area (Å²) >= 11 is 0. The van der Waals surface area contributed by atoms with Crippen LogP contribution < -0.4 is 15.4 Å². The van der Waals surface area contributed by atoms with Crippen LogP contribution in [0.15, 0.2) is 23.2 Å². The number of anilines is 1. The number of ether oxygens (including phenoxy) is 1. The third-order valence-corrected chi connectivity index (χ3v) is 5.39. The van der Waals surface area contributed by atoms with Gasteiger partial charge in [-0.05, 0) is 42.4 Å². The molecule has 2 fully saturated rings. The van der Waals surface area contributed by atoms with E-state index in [9.17, 15) is 4.79 Å². The maximum Gasteiger partial charge on any atom is 0.221 e. The number of hydrogen-bond donors (Lipinski definition) is 2. The van der Waals surface area contributed by atoms with Crippen molar-refractivity contribution in [3.8, 4) is 5.75 Å². The molecular formula is C19H29IN4O2. The van der Waals surface area contributed by atoms with Crippen LogP contribution in [0.3, 0.4) is 0 Å². The van der Waals surface area contributed by atoms with Crippen LogP contribution in [-0.2, 0) is 11.3 Å². The van der Waals surface area contributed by atoms with Crippen molar-refractivity contribution in [2.24, 2.45) is 10.4 Å². The number of guanidine groups is 1. The average molecular weight is 472 g/mol. The molecule has 6 nitrogen and oxygen atoms in total. The Balaban J connectivity index is 0.00000243. The molecule has 0 radical (unpaired) electrons. The van der Waals surface area contributed by atoms with E-state index in [0.717, 1.165) is 24.6 Å². The second-order valence-corrected chi connectivity index (χ2v) is 7.14. The maximum absolute atomic E-state index is 11.4. The van der Waals surface area contributed by atoms with Crippen LogP contribution in [0.4, 0.5) is 5.69 Å². The third-order valence-electron chi connectivity index (χ3n) is 5.39. The number of aliphatic imine (C=N–C) groups is 1. The largest absolute Gasteiger partial charge is 0.495 e. The van der Waals surface area contributed by atoms with E-state index < -0.39 is 0 Å². The molecule has 0 atom stereocenters. The summed E-state index contributed by atoms with van der Waals surface area (Å²) in [6.45, 7) is 4.36. The van der Waals surface area contributed by atoms with Crippen LogP contribution in [0.2, 0.25) is 0 Å². The number of nitrogens with zero attached hydrogens (tertiary/aromatic N) is 2. The topological polar surface area (TPSA) is 66.0 Å². The van der Waals surface area contributed by atoms with Gasteiger partial charge in [-0.1, -0.05) is 12.5 Å². The monoisotopic (exact) mass is 472 g/mol. The zero-order valence-corrected chi connectivity index (χ0v) is 18.1. The molecule has 1 amide bonds. The average Bonchev–Trinajstić information content (AvgIpc) is 3.01. The molecule has 1 spiro atoms. The van der Waals surface area contributed by atoms with Gasteiger partial charge in [-0.15, -0.1) is 24.0 Å². The van der Waals surface area contributed by atoms with Gasteiger partial charge in [0, 0.05) is 33.6 Å². The van der Waals surface area contributed by atoms with E-state index in [2.05, 4.69) is 20.5 Å². The molecule has 1 saturated carbocycles. The zero-order valence-electron chi connectivity index (χ0n) is 15.8. The summed E-state index contributed by atoms with van der Waals surface area (Å²) in [5.41, 5.74) is 2.32. The van der Waals surface area contributed by atoms with Gasteiger partial charge in [0.05, 0.1) is 12.8 Å². The van der Waals surface area contributed by atoms with Crippen molar-refractivity contribution in [3.63, 3.8) is 0 Å². The van der Waals surface area contributed by atoms with Gasteiger partial charge in [-0.25, -0.2) is 0 Å². The molecule has 1 aliphatic heterocycles. The summed E-state index contributed by atoms with van der Waals surface area (Å²) in [6, 6.07) is 5.82.